The van der Waals surface area contributed by atoms with Crippen molar-refractivity contribution in [2.24, 2.45) is 0 Å². The van der Waals surface area contributed by atoms with E-state index >= 15 is 0 Å². The monoisotopic (exact) mass is 617 g/mol. The Bertz CT molecular complexity index is 1070. The first-order chi connectivity index (χ1) is 22.2. The Morgan fingerprint density at radius 3 is 2.22 bits per heavy atom. The van der Waals surface area contributed by atoms with Gasteiger partial charge in [0.2, 0.25) is 5.91 Å². The number of nitrogens with one attached hydrogen (secondary N) is 2. The summed E-state index contributed by atoms with van der Waals surface area (Å²) in [6.45, 7) is 9.00. The molecule has 0 spiro atoms. The van der Waals surface area contributed by atoms with Crippen molar-refractivity contribution >= 4 is 5.91 Å². The Morgan fingerprint density at radius 2 is 1.58 bits per heavy atom. The van der Waals surface area contributed by atoms with Crippen molar-refractivity contribution in [1.82, 2.24) is 25.4 Å². The van der Waals surface area contributed by atoms with Gasteiger partial charge in [0.1, 0.15) is 12.3 Å². The van der Waals surface area contributed by atoms with Gasteiger partial charge in [-0.3, -0.25) is 15.1 Å². The molecule has 1 amide bonds. The van der Waals surface area contributed by atoms with Crippen LogP contribution in [-0.2, 0) is 16.0 Å². The van der Waals surface area contributed by atoms with Gasteiger partial charge in [0.05, 0.1) is 0 Å². The van der Waals surface area contributed by atoms with Crippen LogP contribution in [0.3, 0.4) is 0 Å². The SMILES string of the molecule is CC/C=C/C/C=C/C/C=C/C/C=C/C/C=C/CCCC(=O)NCCN(C)CCNC1OC1c1ccc(CCN2CCCC2)nc1. The van der Waals surface area contributed by atoms with E-state index < -0.39 is 0 Å². The molecule has 2 fully saturated rings. The summed E-state index contributed by atoms with van der Waals surface area (Å²) in [6.07, 6.45) is 35.3. The highest BCUT2D eigenvalue weighted by atomic mass is 16.6. The van der Waals surface area contributed by atoms with Gasteiger partial charge in [0.15, 0.2) is 0 Å². The number of carbonyl (C=O) groups excluding carboxylic acids is 1. The van der Waals surface area contributed by atoms with Gasteiger partial charge < -0.3 is 19.9 Å². The molecule has 45 heavy (non-hydrogen) atoms. The summed E-state index contributed by atoms with van der Waals surface area (Å²) in [5, 5.41) is 6.54. The number of hydrogen-bond acceptors (Lipinski definition) is 6. The fraction of sp³-hybridized carbons (Fsp3) is 0.579. The Hall–Kier alpha value is -2.84. The Labute approximate surface area is 273 Å². The van der Waals surface area contributed by atoms with Crippen LogP contribution in [0.2, 0.25) is 0 Å². The standard InChI is InChI=1S/C38H59N5O2/c1-3-4-5-6-7-8-9-10-11-12-13-14-15-16-17-18-19-22-36(44)39-26-31-42(2)32-27-40-38-37(45-38)34-23-24-35(41-33-34)25-30-43-28-20-21-29-43/h4-5,7-8,10-11,13-14,16-17,23-24,33,37-38,40H,3,6,9,12,15,18-22,25-32H2,1-2H3,(H,39,44)/b5-4+,8-7+,11-10+,14-13+,17-16+. The van der Waals surface area contributed by atoms with E-state index in [4.69, 9.17) is 4.74 Å². The lowest BCUT2D eigenvalue weighted by molar-refractivity contribution is -0.121. The number of ether oxygens (including phenoxy) is 1. The zero-order valence-corrected chi connectivity index (χ0v) is 28.0. The topological polar surface area (TPSA) is 73.0 Å². The second-order valence-corrected chi connectivity index (χ2v) is 12.1. The van der Waals surface area contributed by atoms with Crippen molar-refractivity contribution in [3.8, 4) is 0 Å². The maximum atomic E-state index is 12.2. The van der Waals surface area contributed by atoms with E-state index in [-0.39, 0.29) is 18.2 Å². The van der Waals surface area contributed by atoms with E-state index in [9.17, 15) is 4.79 Å². The van der Waals surface area contributed by atoms with Gasteiger partial charge >= 0.3 is 0 Å². The number of hydrogen-bond donors (Lipinski definition) is 2. The fourth-order valence-electron chi connectivity index (χ4n) is 5.29. The van der Waals surface area contributed by atoms with Gasteiger partial charge in [-0.25, -0.2) is 0 Å². The third-order valence-corrected chi connectivity index (χ3v) is 8.14. The van der Waals surface area contributed by atoms with Crippen LogP contribution in [0.25, 0.3) is 0 Å². The average Bonchev–Trinajstić information content (AvgIpc) is 3.62. The van der Waals surface area contributed by atoms with Crippen LogP contribution in [0, 0.1) is 0 Å². The van der Waals surface area contributed by atoms with Crippen LogP contribution < -0.4 is 10.6 Å². The number of epoxide rings is 1. The summed E-state index contributed by atoms with van der Waals surface area (Å²) in [5.74, 6) is 0.138. The minimum atomic E-state index is 0.0679. The molecule has 0 saturated carbocycles. The Balaban J connectivity index is 1.10. The highest BCUT2D eigenvalue weighted by Gasteiger charge is 2.39. The lowest BCUT2D eigenvalue weighted by Gasteiger charge is -2.17. The number of unbranched alkanes of at least 4 members (excludes halogenated alkanes) is 1. The van der Waals surface area contributed by atoms with E-state index in [2.05, 4.69) is 112 Å². The minimum absolute atomic E-state index is 0.0679. The van der Waals surface area contributed by atoms with E-state index in [1.165, 1.54) is 25.9 Å². The van der Waals surface area contributed by atoms with Crippen LogP contribution in [0.5, 0.6) is 0 Å². The lowest BCUT2D eigenvalue weighted by Crippen LogP contribution is -2.36. The maximum absolute atomic E-state index is 12.2. The highest BCUT2D eigenvalue weighted by Crippen LogP contribution is 2.36. The molecule has 7 nitrogen and oxygen atoms in total. The van der Waals surface area contributed by atoms with Crippen molar-refractivity contribution in [2.75, 3.05) is 52.9 Å². The number of allylic oxidation sites excluding steroid dienone is 10. The third-order valence-electron chi connectivity index (χ3n) is 8.14. The molecule has 2 aliphatic heterocycles. The molecule has 248 valence electrons. The van der Waals surface area contributed by atoms with Crippen LogP contribution in [0.1, 0.15) is 88.5 Å². The van der Waals surface area contributed by atoms with Crippen LogP contribution in [0.15, 0.2) is 79.1 Å². The maximum Gasteiger partial charge on any atom is 0.220 e. The number of likely N-dealkylation sites (tertiary alicyclic amines) is 1. The van der Waals surface area contributed by atoms with Crippen LogP contribution in [0.4, 0.5) is 0 Å². The zero-order chi connectivity index (χ0) is 31.8. The molecule has 3 rings (SSSR count). The van der Waals surface area contributed by atoms with Crippen molar-refractivity contribution in [3.63, 3.8) is 0 Å². The van der Waals surface area contributed by atoms with E-state index in [0.717, 1.165) is 88.8 Å². The zero-order valence-electron chi connectivity index (χ0n) is 28.0. The summed E-state index contributed by atoms with van der Waals surface area (Å²) in [5.41, 5.74) is 2.31. The quantitative estimate of drug-likeness (QED) is 0.0767. The first-order valence-electron chi connectivity index (χ1n) is 17.4. The minimum Gasteiger partial charge on any atom is -0.355 e. The third kappa shape index (κ3) is 17.4. The van der Waals surface area contributed by atoms with Crippen LogP contribution >= 0.6 is 0 Å². The molecule has 2 saturated heterocycles. The van der Waals surface area contributed by atoms with Crippen molar-refractivity contribution in [1.29, 1.82) is 0 Å². The first-order valence-corrected chi connectivity index (χ1v) is 17.4. The van der Waals surface area contributed by atoms with Gasteiger partial charge in [-0.2, -0.15) is 0 Å². The number of carbonyl (C=O) groups is 1. The molecule has 0 aliphatic carbocycles. The molecule has 0 radical (unpaired) electrons. The summed E-state index contributed by atoms with van der Waals surface area (Å²) in [6, 6.07) is 4.31. The number of nitrogens with zero attached hydrogens (tertiary/aromatic N) is 3. The summed E-state index contributed by atoms with van der Waals surface area (Å²) < 4.78 is 5.84. The van der Waals surface area contributed by atoms with E-state index in [0.29, 0.717) is 13.0 Å². The number of rotatable bonds is 24. The normalized spacial score (nSPS) is 19.1. The Morgan fingerprint density at radius 1 is 0.933 bits per heavy atom. The molecule has 2 atom stereocenters. The van der Waals surface area contributed by atoms with Gasteiger partial charge in [0.25, 0.3) is 0 Å². The summed E-state index contributed by atoms with van der Waals surface area (Å²) in [7, 11) is 2.09. The lowest BCUT2D eigenvalue weighted by atomic mass is 10.1. The fourth-order valence-corrected chi connectivity index (χ4v) is 5.29. The summed E-state index contributed by atoms with van der Waals surface area (Å²) >= 11 is 0. The van der Waals surface area contributed by atoms with Gasteiger partial charge in [-0.15, -0.1) is 0 Å². The van der Waals surface area contributed by atoms with Crippen molar-refractivity contribution in [3.05, 3.63) is 90.3 Å². The number of pyridine rings is 1. The number of amides is 1. The van der Waals surface area contributed by atoms with Crippen molar-refractivity contribution in [2.45, 2.75) is 89.9 Å². The van der Waals surface area contributed by atoms with E-state index in [1.54, 1.807) is 0 Å². The van der Waals surface area contributed by atoms with E-state index in [1.807, 2.05) is 6.20 Å². The molecule has 3 heterocycles. The molecule has 0 bridgehead atoms. The van der Waals surface area contributed by atoms with Gasteiger partial charge in [0, 0.05) is 63.0 Å². The second kappa shape index (κ2) is 23.5. The number of aromatic nitrogens is 1. The smallest absolute Gasteiger partial charge is 0.220 e. The molecular formula is C38H59N5O2. The Kier molecular flexibility index (Phi) is 19.1. The molecule has 0 aromatic carbocycles. The highest BCUT2D eigenvalue weighted by molar-refractivity contribution is 5.75. The summed E-state index contributed by atoms with van der Waals surface area (Å²) in [4.78, 5) is 21.6. The molecular weight excluding hydrogens is 558 g/mol. The van der Waals surface area contributed by atoms with Gasteiger partial charge in [-0.05, 0) is 84.0 Å². The van der Waals surface area contributed by atoms with Crippen molar-refractivity contribution < 1.29 is 9.53 Å². The van der Waals surface area contributed by atoms with Gasteiger partial charge in [-0.1, -0.05) is 73.8 Å². The molecule has 2 N–H and O–H groups in total. The molecule has 1 aromatic rings. The molecule has 2 unspecified atom stereocenters. The largest absolute Gasteiger partial charge is 0.355 e. The molecule has 7 heteroatoms. The average molecular weight is 618 g/mol. The first kappa shape index (κ1) is 36.6. The van der Waals surface area contributed by atoms with Crippen LogP contribution in [-0.4, -0.2) is 79.8 Å². The predicted octanol–water partition coefficient (Wildman–Crippen LogP) is 6.68. The predicted molar refractivity (Wildman–Crippen MR) is 188 cm³/mol. The molecule has 1 aromatic heterocycles. The second-order valence-electron chi connectivity index (χ2n) is 12.1. The number of likely N-dealkylation sites (N-methyl/N-ethyl adjacent to an activating group) is 1. The molecule has 2 aliphatic rings.